The van der Waals surface area contributed by atoms with Crippen LogP contribution < -0.4 is 15.9 Å². The second-order valence-corrected chi connectivity index (χ2v) is 13.6. The van der Waals surface area contributed by atoms with Crippen molar-refractivity contribution in [1.29, 1.82) is 0 Å². The Hall–Kier alpha value is -2.73. The van der Waals surface area contributed by atoms with Gasteiger partial charge < -0.3 is 0 Å². The number of carbonyl (C=O) groups is 1. The van der Waals surface area contributed by atoms with Gasteiger partial charge in [0.15, 0.2) is 0 Å². The fourth-order valence-electron chi connectivity index (χ4n) is 3.92. The van der Waals surface area contributed by atoms with Gasteiger partial charge in [-0.25, -0.2) is 0 Å². The monoisotopic (exact) mass is 416 g/mol. The third-order valence-corrected chi connectivity index (χ3v) is 12.5. The van der Waals surface area contributed by atoms with Gasteiger partial charge in [0.1, 0.15) is 0 Å². The van der Waals surface area contributed by atoms with Crippen LogP contribution in [0.2, 0.25) is 0 Å². The van der Waals surface area contributed by atoms with Crippen LogP contribution in [-0.4, -0.2) is 11.9 Å². The predicted octanol–water partition coefficient (Wildman–Crippen LogP) is 5.55. The number of hydrogen-bond donors (Lipinski definition) is 0. The van der Waals surface area contributed by atoms with Crippen LogP contribution in [0.5, 0.6) is 0 Å². The molecule has 0 bridgehead atoms. The molecule has 29 heavy (non-hydrogen) atoms. The van der Waals surface area contributed by atoms with E-state index in [1.165, 1.54) is 0 Å². The van der Waals surface area contributed by atoms with E-state index in [0.29, 0.717) is 5.56 Å². The normalized spacial score (nSPS) is 12.7. The van der Waals surface area contributed by atoms with Gasteiger partial charge in [0.25, 0.3) is 0 Å². The Labute approximate surface area is 176 Å². The van der Waals surface area contributed by atoms with Crippen LogP contribution in [-0.2, 0) is 0 Å². The summed E-state index contributed by atoms with van der Waals surface area (Å²) < 4.78 is 0. The van der Waals surface area contributed by atoms with Crippen molar-refractivity contribution in [3.05, 3.63) is 127 Å². The van der Waals surface area contributed by atoms with Crippen molar-refractivity contribution in [1.82, 2.24) is 0 Å². The summed E-state index contributed by atoms with van der Waals surface area (Å²) in [6.45, 7) is 0. The molecule has 0 aliphatic heterocycles. The maximum absolute atomic E-state index is 13.5. The van der Waals surface area contributed by atoms with Gasteiger partial charge in [0.05, 0.1) is 0 Å². The maximum atomic E-state index is 13.5. The molecule has 0 N–H and O–H groups in total. The number of halogens is 1. The summed E-state index contributed by atoms with van der Waals surface area (Å²) in [5.41, 5.74) is 0.685. The molecule has 0 saturated carbocycles. The molecule has 0 atom stereocenters. The van der Waals surface area contributed by atoms with E-state index in [2.05, 4.69) is 36.4 Å². The first-order valence-corrected chi connectivity index (χ1v) is 12.9. The molecule has 0 fully saturated rings. The molecule has 0 radical (unpaired) electrons. The minimum atomic E-state index is -3.56. The van der Waals surface area contributed by atoms with Crippen LogP contribution in [0, 0.1) is 0 Å². The Morgan fingerprint density at radius 3 is 1.21 bits per heavy atom. The van der Waals surface area contributed by atoms with E-state index in [1.54, 1.807) is 0 Å². The van der Waals surface area contributed by atoms with Gasteiger partial charge in [-0.2, -0.15) is 0 Å². The molecule has 3 heteroatoms. The quantitative estimate of drug-likeness (QED) is 0.297. The second-order valence-electron chi connectivity index (χ2n) is 7.14. The summed E-state index contributed by atoms with van der Waals surface area (Å²) in [4.78, 5) is 13.5. The Kier molecular flexibility index (Phi) is 5.37. The van der Waals surface area contributed by atoms with Crippen LogP contribution in [0.15, 0.2) is 121 Å². The van der Waals surface area contributed by atoms with Crippen molar-refractivity contribution in [3.63, 3.8) is 0 Å². The Morgan fingerprint density at radius 1 is 0.552 bits per heavy atom. The molecule has 0 aromatic heterocycles. The zero-order valence-corrected chi connectivity index (χ0v) is 17.6. The zero-order valence-electron chi connectivity index (χ0n) is 16.0. The summed E-state index contributed by atoms with van der Waals surface area (Å²) >= 11 is 7.93. The number of rotatable bonds is 6. The molecule has 0 aliphatic carbocycles. The van der Waals surface area contributed by atoms with E-state index in [4.69, 9.17) is 11.2 Å². The standard InChI is InChI=1S/C26H22ClOP/c27-29(23-15-7-2-8-16-23,24-17-9-3-10-18-24,25-19-11-4-12-20-25)21-26(28)22-13-5-1-6-14-22/h1-20H,21H2. The number of hydrogen-bond acceptors (Lipinski definition) is 1. The van der Waals surface area contributed by atoms with Crippen LogP contribution >= 0.6 is 17.2 Å². The minimum absolute atomic E-state index is 0.0508. The molecular weight excluding hydrogens is 395 g/mol. The van der Waals surface area contributed by atoms with Gasteiger partial charge in [0.2, 0.25) is 0 Å². The van der Waals surface area contributed by atoms with E-state index >= 15 is 0 Å². The van der Waals surface area contributed by atoms with E-state index in [9.17, 15) is 4.79 Å². The van der Waals surface area contributed by atoms with Gasteiger partial charge in [-0.1, -0.05) is 0 Å². The summed E-state index contributed by atoms with van der Waals surface area (Å²) in [5.74, 6) is -3.51. The van der Waals surface area contributed by atoms with Gasteiger partial charge in [0, 0.05) is 0 Å². The predicted molar refractivity (Wildman–Crippen MR) is 127 cm³/mol. The molecule has 0 spiro atoms. The van der Waals surface area contributed by atoms with E-state index in [0.717, 1.165) is 15.9 Å². The number of ketones is 1. The van der Waals surface area contributed by atoms with Gasteiger partial charge in [-0.3, -0.25) is 0 Å². The average Bonchev–Trinajstić information content (AvgIpc) is 2.81. The van der Waals surface area contributed by atoms with Crippen molar-refractivity contribution in [2.24, 2.45) is 0 Å². The van der Waals surface area contributed by atoms with E-state index in [-0.39, 0.29) is 11.9 Å². The number of Topliss-reactive ketones (excluding diaryl/α,β-unsaturated/α-hetero) is 1. The number of benzene rings is 4. The third-order valence-electron chi connectivity index (χ3n) is 5.42. The van der Waals surface area contributed by atoms with Crippen LogP contribution in [0.25, 0.3) is 0 Å². The average molecular weight is 417 g/mol. The summed E-state index contributed by atoms with van der Waals surface area (Å²) in [5, 5.41) is 3.01. The topological polar surface area (TPSA) is 17.1 Å². The van der Waals surface area contributed by atoms with Crippen LogP contribution in [0.4, 0.5) is 0 Å². The molecule has 1 nitrogen and oxygen atoms in total. The molecule has 0 unspecified atom stereocenters. The summed E-state index contributed by atoms with van der Waals surface area (Å²) in [6, 6.07) is 39.7. The van der Waals surface area contributed by atoms with E-state index in [1.807, 2.05) is 84.9 Å². The summed E-state index contributed by atoms with van der Waals surface area (Å²) in [7, 11) is 0. The Balaban J connectivity index is 2.03. The first-order valence-electron chi connectivity index (χ1n) is 9.61. The van der Waals surface area contributed by atoms with Crippen molar-refractivity contribution in [2.75, 3.05) is 6.16 Å². The molecule has 0 saturated heterocycles. The van der Waals surface area contributed by atoms with Crippen molar-refractivity contribution >= 4 is 38.9 Å². The van der Waals surface area contributed by atoms with Crippen LogP contribution in [0.1, 0.15) is 10.4 Å². The van der Waals surface area contributed by atoms with Gasteiger partial charge >= 0.3 is 177 Å². The fourth-order valence-corrected chi connectivity index (χ4v) is 9.81. The first-order chi connectivity index (χ1) is 14.1. The molecule has 0 amide bonds. The summed E-state index contributed by atoms with van der Waals surface area (Å²) in [6.07, 6.45) is 0.231. The van der Waals surface area contributed by atoms with Crippen molar-refractivity contribution < 1.29 is 4.79 Å². The van der Waals surface area contributed by atoms with Gasteiger partial charge in [-0.05, 0) is 0 Å². The van der Waals surface area contributed by atoms with Gasteiger partial charge in [-0.15, -0.1) is 0 Å². The van der Waals surface area contributed by atoms with Crippen LogP contribution in [0.3, 0.4) is 0 Å². The van der Waals surface area contributed by atoms with Crippen molar-refractivity contribution in [2.45, 2.75) is 0 Å². The molecule has 0 heterocycles. The molecule has 0 aliphatic rings. The zero-order chi connectivity index (χ0) is 20.2. The van der Waals surface area contributed by atoms with Crippen molar-refractivity contribution in [3.8, 4) is 0 Å². The number of carbonyl (C=O) groups excluding carboxylic acids is 1. The third kappa shape index (κ3) is 3.42. The Bertz CT molecular complexity index is 997. The molecule has 4 aromatic rings. The SMILES string of the molecule is O=C(CP(Cl)(c1ccccc1)(c1ccccc1)c1ccccc1)c1ccccc1. The first kappa shape index (κ1) is 19.6. The molecule has 144 valence electrons. The molecule has 4 rings (SSSR count). The fraction of sp³-hybridized carbons (Fsp3) is 0.0385. The molecule has 4 aromatic carbocycles. The van der Waals surface area contributed by atoms with E-state index < -0.39 is 5.96 Å². The Morgan fingerprint density at radius 2 is 0.862 bits per heavy atom. The molecular formula is C26H22ClOP. The second kappa shape index (κ2) is 7.95.